The summed E-state index contributed by atoms with van der Waals surface area (Å²) in [7, 11) is 0. The Labute approximate surface area is 171 Å². The molecule has 1 aliphatic rings. The van der Waals surface area contributed by atoms with Crippen LogP contribution in [0.4, 0.5) is 4.79 Å². The molecule has 0 heterocycles. The molecule has 1 aromatic carbocycles. The van der Waals surface area contributed by atoms with Crippen molar-refractivity contribution in [1.29, 1.82) is 0 Å². The lowest BCUT2D eigenvalue weighted by molar-refractivity contribution is -0.119. The van der Waals surface area contributed by atoms with E-state index >= 15 is 0 Å². The summed E-state index contributed by atoms with van der Waals surface area (Å²) in [5.41, 5.74) is 5.00. The third-order valence-corrected chi connectivity index (χ3v) is 4.63. The number of benzene rings is 1. The average molecular weight is 405 g/mol. The van der Waals surface area contributed by atoms with Crippen molar-refractivity contribution in [2.24, 2.45) is 11.7 Å². The monoisotopic (exact) mass is 405 g/mol. The minimum Gasteiger partial charge on any atom is -0.484 e. The van der Waals surface area contributed by atoms with Gasteiger partial charge in [0.1, 0.15) is 11.4 Å². The number of hydrogen-bond acceptors (Lipinski definition) is 5. The highest BCUT2D eigenvalue weighted by molar-refractivity contribution is 5.94. The Morgan fingerprint density at radius 1 is 1.10 bits per heavy atom. The zero-order valence-electron chi connectivity index (χ0n) is 17.3. The first-order valence-electron chi connectivity index (χ1n) is 9.93. The second-order valence-corrected chi connectivity index (χ2v) is 8.29. The summed E-state index contributed by atoms with van der Waals surface area (Å²) in [5.74, 6) is -0.119. The number of ether oxygens (including phenoxy) is 2. The number of rotatable bonds is 7. The molecule has 160 valence electrons. The number of nitrogens with one attached hydrogen (secondary N) is 2. The molecule has 1 fully saturated rings. The molecule has 2 rings (SSSR count). The van der Waals surface area contributed by atoms with Crippen molar-refractivity contribution in [2.75, 3.05) is 13.2 Å². The molecule has 0 spiro atoms. The van der Waals surface area contributed by atoms with Gasteiger partial charge in [-0.05, 0) is 63.8 Å². The van der Waals surface area contributed by atoms with Gasteiger partial charge in [0.05, 0.1) is 0 Å². The fourth-order valence-corrected chi connectivity index (χ4v) is 3.28. The smallest absolute Gasteiger partial charge is 0.407 e. The maximum Gasteiger partial charge on any atom is 0.407 e. The van der Waals surface area contributed by atoms with Gasteiger partial charge in [-0.2, -0.15) is 0 Å². The molecule has 29 heavy (non-hydrogen) atoms. The van der Waals surface area contributed by atoms with Gasteiger partial charge in [-0.15, -0.1) is 0 Å². The first kappa shape index (κ1) is 22.5. The molecule has 0 bridgehead atoms. The van der Waals surface area contributed by atoms with Crippen LogP contribution < -0.4 is 21.1 Å². The predicted molar refractivity (Wildman–Crippen MR) is 109 cm³/mol. The number of nitrogens with two attached hydrogens (primary N) is 1. The molecular formula is C21H31N3O5. The van der Waals surface area contributed by atoms with Crippen LogP contribution in [0.5, 0.6) is 5.75 Å². The second-order valence-electron chi connectivity index (χ2n) is 8.29. The van der Waals surface area contributed by atoms with Crippen LogP contribution in [0.1, 0.15) is 56.8 Å². The van der Waals surface area contributed by atoms with Crippen molar-refractivity contribution >= 4 is 17.9 Å². The molecule has 0 aromatic heterocycles. The summed E-state index contributed by atoms with van der Waals surface area (Å²) in [4.78, 5) is 35.3. The molecule has 8 nitrogen and oxygen atoms in total. The zero-order valence-corrected chi connectivity index (χ0v) is 17.3. The van der Waals surface area contributed by atoms with Crippen LogP contribution in [0.15, 0.2) is 24.3 Å². The molecule has 1 saturated carbocycles. The Morgan fingerprint density at radius 3 is 2.38 bits per heavy atom. The number of hydrogen-bond donors (Lipinski definition) is 3. The number of carbonyl (C=O) groups excluding carboxylic acids is 3. The van der Waals surface area contributed by atoms with E-state index < -0.39 is 17.6 Å². The fraction of sp³-hybridized carbons (Fsp3) is 0.571. The second kappa shape index (κ2) is 10.1. The van der Waals surface area contributed by atoms with Crippen molar-refractivity contribution in [1.82, 2.24) is 10.6 Å². The van der Waals surface area contributed by atoms with Crippen molar-refractivity contribution in [3.05, 3.63) is 29.8 Å². The van der Waals surface area contributed by atoms with E-state index in [1.165, 1.54) is 0 Å². The number of carbonyl (C=O) groups is 3. The lowest BCUT2D eigenvalue weighted by Gasteiger charge is -2.32. The van der Waals surface area contributed by atoms with Crippen LogP contribution >= 0.6 is 0 Å². The average Bonchev–Trinajstić information content (AvgIpc) is 2.64. The SMILES string of the molecule is CC(C)(C)OC(=O)NC[C@H]1CCCC[C@@H]1NC(=O)c1ccc(OCC(N)=O)cc1. The highest BCUT2D eigenvalue weighted by atomic mass is 16.6. The van der Waals surface area contributed by atoms with Crippen LogP contribution in [0.25, 0.3) is 0 Å². The summed E-state index contributed by atoms with van der Waals surface area (Å²) < 4.78 is 10.5. The molecule has 8 heteroatoms. The fourth-order valence-electron chi connectivity index (χ4n) is 3.28. The van der Waals surface area contributed by atoms with Gasteiger partial charge < -0.3 is 25.8 Å². The van der Waals surface area contributed by atoms with Crippen molar-refractivity contribution < 1.29 is 23.9 Å². The van der Waals surface area contributed by atoms with Crippen LogP contribution in [0.2, 0.25) is 0 Å². The van der Waals surface area contributed by atoms with E-state index in [2.05, 4.69) is 10.6 Å². The Hall–Kier alpha value is -2.77. The summed E-state index contributed by atoms with van der Waals surface area (Å²) in [6.45, 7) is 5.71. The van der Waals surface area contributed by atoms with Crippen LogP contribution in [-0.2, 0) is 9.53 Å². The third-order valence-electron chi connectivity index (χ3n) is 4.63. The molecule has 3 amide bonds. The van der Waals surface area contributed by atoms with Crippen LogP contribution in [-0.4, -0.2) is 42.7 Å². The molecule has 0 aliphatic heterocycles. The van der Waals surface area contributed by atoms with E-state index in [1.807, 2.05) is 20.8 Å². The van der Waals surface area contributed by atoms with Crippen LogP contribution in [0.3, 0.4) is 0 Å². The largest absolute Gasteiger partial charge is 0.484 e. The molecule has 0 radical (unpaired) electrons. The lowest BCUT2D eigenvalue weighted by Crippen LogP contribution is -2.47. The molecular weight excluding hydrogens is 374 g/mol. The van der Waals surface area contributed by atoms with E-state index in [4.69, 9.17) is 15.2 Å². The first-order chi connectivity index (χ1) is 13.6. The highest BCUT2D eigenvalue weighted by Gasteiger charge is 2.28. The molecule has 0 saturated heterocycles. The van der Waals surface area contributed by atoms with Gasteiger partial charge in [0.2, 0.25) is 0 Å². The summed E-state index contributed by atoms with van der Waals surface area (Å²) >= 11 is 0. The first-order valence-corrected chi connectivity index (χ1v) is 9.93. The molecule has 0 unspecified atom stereocenters. The topological polar surface area (TPSA) is 120 Å². The van der Waals surface area contributed by atoms with Gasteiger partial charge in [-0.25, -0.2) is 4.79 Å². The van der Waals surface area contributed by atoms with Gasteiger partial charge in [-0.3, -0.25) is 9.59 Å². The molecule has 2 atom stereocenters. The zero-order chi connectivity index (χ0) is 21.4. The lowest BCUT2D eigenvalue weighted by atomic mass is 9.84. The van der Waals surface area contributed by atoms with Gasteiger partial charge in [-0.1, -0.05) is 12.8 Å². The van der Waals surface area contributed by atoms with Gasteiger partial charge in [0.15, 0.2) is 6.61 Å². The predicted octanol–water partition coefficient (Wildman–Crippen LogP) is 2.36. The number of amides is 3. The Bertz CT molecular complexity index is 712. The quantitative estimate of drug-likeness (QED) is 0.643. The standard InChI is InChI=1S/C21H31N3O5/c1-21(2,3)29-20(27)23-12-15-6-4-5-7-17(15)24-19(26)14-8-10-16(11-9-14)28-13-18(22)25/h8-11,15,17H,4-7,12-13H2,1-3H3,(H2,22,25)(H,23,27)(H,24,26)/t15-,17+/m1/s1. The maximum absolute atomic E-state index is 12.6. The van der Waals surface area contributed by atoms with Crippen molar-refractivity contribution in [3.8, 4) is 5.75 Å². The molecule has 1 aliphatic carbocycles. The van der Waals surface area contributed by atoms with Crippen molar-refractivity contribution in [3.63, 3.8) is 0 Å². The Morgan fingerprint density at radius 2 is 1.76 bits per heavy atom. The minimum atomic E-state index is -0.560. The molecule has 4 N–H and O–H groups in total. The van der Waals surface area contributed by atoms with E-state index in [0.717, 1.165) is 25.7 Å². The highest BCUT2D eigenvalue weighted by Crippen LogP contribution is 2.24. The van der Waals surface area contributed by atoms with E-state index in [-0.39, 0.29) is 24.5 Å². The number of alkyl carbamates (subject to hydrolysis) is 1. The van der Waals surface area contributed by atoms with E-state index in [0.29, 0.717) is 17.9 Å². The Balaban J connectivity index is 1.89. The Kier molecular flexibility index (Phi) is 7.87. The van der Waals surface area contributed by atoms with E-state index in [1.54, 1.807) is 24.3 Å². The van der Waals surface area contributed by atoms with E-state index in [9.17, 15) is 14.4 Å². The van der Waals surface area contributed by atoms with Gasteiger partial charge >= 0.3 is 6.09 Å². The minimum absolute atomic E-state index is 0.0167. The van der Waals surface area contributed by atoms with Gasteiger partial charge in [0.25, 0.3) is 11.8 Å². The third kappa shape index (κ3) is 8.01. The number of primary amides is 1. The molecule has 1 aromatic rings. The summed E-state index contributed by atoms with van der Waals surface area (Å²) in [5, 5.41) is 5.90. The van der Waals surface area contributed by atoms with Gasteiger partial charge in [0, 0.05) is 18.2 Å². The summed E-state index contributed by atoms with van der Waals surface area (Å²) in [6.07, 6.45) is 3.46. The normalized spacial score (nSPS) is 19.1. The maximum atomic E-state index is 12.6. The van der Waals surface area contributed by atoms with Crippen molar-refractivity contribution in [2.45, 2.75) is 58.1 Å². The summed E-state index contributed by atoms with van der Waals surface area (Å²) in [6, 6.07) is 6.52. The van der Waals surface area contributed by atoms with Crippen LogP contribution in [0, 0.1) is 5.92 Å².